The van der Waals surface area contributed by atoms with Gasteiger partial charge in [0.1, 0.15) is 11.4 Å². The molecule has 4 aromatic rings. The van der Waals surface area contributed by atoms with Gasteiger partial charge in [0.05, 0.1) is 297 Å². The predicted octanol–water partition coefficient (Wildman–Crippen LogP) is 10.8. The molecule has 0 bridgehead atoms. The first kappa shape index (κ1) is 99.8. The van der Waals surface area contributed by atoms with Gasteiger partial charge < -0.3 is 123 Å². The van der Waals surface area contributed by atoms with E-state index in [0.717, 1.165) is 61.8 Å². The Morgan fingerprint density at radius 3 is 0.789 bits per heavy atom. The molecule has 114 heavy (non-hydrogen) atoms. The van der Waals surface area contributed by atoms with E-state index in [9.17, 15) is 4.79 Å². The summed E-state index contributed by atoms with van der Waals surface area (Å²) in [6.45, 7) is 29.2. The molecule has 27 nitrogen and oxygen atoms in total. The number of benzene rings is 4. The van der Waals surface area contributed by atoms with E-state index >= 15 is 0 Å². The first-order valence-electron chi connectivity index (χ1n) is 41.2. The van der Waals surface area contributed by atoms with Gasteiger partial charge in [0.25, 0.3) is 0 Å². The van der Waals surface area contributed by atoms with Gasteiger partial charge in [-0.25, -0.2) is 0 Å². The fraction of sp³-hybridized carbons (Fsp3) is 0.713. The molecule has 0 spiro atoms. The number of carbonyl (C=O) groups excluding carboxylic acids is 1. The lowest BCUT2D eigenvalue weighted by atomic mass is 9.70. The quantitative estimate of drug-likeness (QED) is 0.0294. The molecule has 0 saturated heterocycles. The number of methoxy groups -OCH3 is 2. The van der Waals surface area contributed by atoms with Gasteiger partial charge in [0, 0.05) is 39.3 Å². The van der Waals surface area contributed by atoms with Crippen LogP contribution in [0.25, 0.3) is 33.4 Å². The summed E-state index contributed by atoms with van der Waals surface area (Å²) in [5.41, 5.74) is 8.95. The molecule has 650 valence electrons. The lowest BCUT2D eigenvalue weighted by Crippen LogP contribution is -2.27. The zero-order valence-electron chi connectivity index (χ0n) is 69.6. The molecule has 1 aliphatic carbocycles. The highest BCUT2D eigenvalue weighted by Gasteiger charge is 2.43. The second-order valence-corrected chi connectivity index (χ2v) is 27.4. The van der Waals surface area contributed by atoms with Gasteiger partial charge in [-0.15, -0.1) is 0 Å². The lowest BCUT2D eigenvalue weighted by molar-refractivity contribution is -0.154. The van der Waals surface area contributed by atoms with Crippen molar-refractivity contribution in [3.05, 3.63) is 102 Å². The SMILES string of the molecule is COCCOCCOCCOCCOCCOCCOCCOCCOCCOCCOCCOCCCC1(CCCOCCOCCOCCOCCOCCOCCOCCOCCOCCOCCOCCOC)c2cc(-c3ccccc3)ccc2-c2ccc(-c3ccc(OCCCCCC(=O)OC(C)(C)C)cc3)cc21. The van der Waals surface area contributed by atoms with Crippen molar-refractivity contribution in [2.75, 3.05) is 325 Å². The average molecular weight is 1620 g/mol. The second-order valence-electron chi connectivity index (χ2n) is 27.4. The van der Waals surface area contributed by atoms with Crippen molar-refractivity contribution in [3.8, 4) is 39.1 Å². The molecular formula is C87H140O27. The van der Waals surface area contributed by atoms with Crippen molar-refractivity contribution in [2.45, 2.75) is 83.2 Å². The molecule has 0 radical (unpaired) electrons. The molecule has 0 N–H and O–H groups in total. The van der Waals surface area contributed by atoms with Crippen molar-refractivity contribution in [1.82, 2.24) is 0 Å². The third kappa shape index (κ3) is 50.2. The molecule has 27 heteroatoms. The predicted molar refractivity (Wildman–Crippen MR) is 434 cm³/mol. The molecule has 0 aliphatic heterocycles. The molecular weight excluding hydrogens is 1480 g/mol. The van der Waals surface area contributed by atoms with Gasteiger partial charge in [-0.3, -0.25) is 4.79 Å². The minimum atomic E-state index is -0.476. The lowest BCUT2D eigenvalue weighted by Gasteiger charge is -2.33. The number of hydrogen-bond acceptors (Lipinski definition) is 27. The minimum absolute atomic E-state index is 0.159. The Hall–Kier alpha value is -4.81. The summed E-state index contributed by atoms with van der Waals surface area (Å²) < 4.78 is 146. The van der Waals surface area contributed by atoms with Crippen LogP contribution in [0.4, 0.5) is 0 Å². The van der Waals surface area contributed by atoms with Crippen LogP contribution in [0.2, 0.25) is 0 Å². The summed E-state index contributed by atoms with van der Waals surface area (Å²) in [5.74, 6) is 0.657. The molecule has 0 saturated carbocycles. The zero-order valence-corrected chi connectivity index (χ0v) is 69.6. The standard InChI is InChI=1S/C87H140O27/c1-86(2,3)114-85(88)16-10-7-11-29-113-80-21-17-77(18-22-80)79-20-24-82-81-23-19-78(76-14-8-6-9-15-76)74-83(81)87(84(82)75-79,25-12-27-91-34-36-95-42-44-99-50-52-103-58-60-107-66-68-111-72-70-109-64-62-105-56-54-101-48-46-97-40-38-93-32-30-89-4)26-13-28-92-35-37-96-43-45-100-51-53-104-59-61-108-67-69-112-73-71-110-65-63-106-57-55-102-49-47-98-41-39-94-33-31-90-5/h6,8-9,14-15,17-24,74-75H,7,10-13,16,25-73H2,1-5H3. The number of fused-ring (bicyclic) bond motifs is 3. The molecule has 1 aliphatic rings. The molecule has 5 rings (SSSR count). The van der Waals surface area contributed by atoms with Crippen molar-refractivity contribution in [2.24, 2.45) is 0 Å². The Kier molecular flexibility index (Phi) is 61.3. The summed E-state index contributed by atoms with van der Waals surface area (Å²) in [4.78, 5) is 12.2. The Morgan fingerprint density at radius 2 is 0.518 bits per heavy atom. The molecule has 0 atom stereocenters. The van der Waals surface area contributed by atoms with Gasteiger partial charge >= 0.3 is 5.97 Å². The Morgan fingerprint density at radius 1 is 0.263 bits per heavy atom. The minimum Gasteiger partial charge on any atom is -0.494 e. The first-order chi connectivity index (χ1) is 56.2. The molecule has 0 fully saturated rings. The van der Waals surface area contributed by atoms with E-state index in [0.29, 0.717) is 317 Å². The van der Waals surface area contributed by atoms with E-state index in [2.05, 4.69) is 91.0 Å². The van der Waals surface area contributed by atoms with Crippen molar-refractivity contribution in [3.63, 3.8) is 0 Å². The van der Waals surface area contributed by atoms with E-state index in [1.54, 1.807) is 14.2 Å². The van der Waals surface area contributed by atoms with Crippen LogP contribution in [0, 0.1) is 0 Å². The molecule has 0 unspecified atom stereocenters. The summed E-state index contributed by atoms with van der Waals surface area (Å²) in [5, 5.41) is 0. The van der Waals surface area contributed by atoms with E-state index < -0.39 is 5.60 Å². The van der Waals surface area contributed by atoms with Crippen LogP contribution in [0.5, 0.6) is 5.75 Å². The second kappa shape index (κ2) is 70.1. The molecule has 0 amide bonds. The van der Waals surface area contributed by atoms with Gasteiger partial charge in [0.2, 0.25) is 0 Å². The smallest absolute Gasteiger partial charge is 0.306 e. The number of ether oxygens (including phenoxy) is 26. The molecule has 0 heterocycles. The number of esters is 1. The number of rotatable bonds is 83. The first-order valence-corrected chi connectivity index (χ1v) is 41.2. The third-order valence-electron chi connectivity index (χ3n) is 17.5. The van der Waals surface area contributed by atoms with Gasteiger partial charge in [-0.05, 0) is 134 Å². The monoisotopic (exact) mass is 1620 g/mol. The highest BCUT2D eigenvalue weighted by Crippen LogP contribution is 2.55. The van der Waals surface area contributed by atoms with Crippen molar-refractivity contribution in [1.29, 1.82) is 0 Å². The van der Waals surface area contributed by atoms with E-state index in [-0.39, 0.29) is 11.4 Å². The summed E-state index contributed by atoms with van der Waals surface area (Å²) in [6, 6.07) is 33.0. The van der Waals surface area contributed by atoms with Crippen molar-refractivity contribution < 1.29 is 128 Å². The summed E-state index contributed by atoms with van der Waals surface area (Å²) >= 11 is 0. The van der Waals surface area contributed by atoms with Crippen LogP contribution < -0.4 is 4.74 Å². The Balaban J connectivity index is 0.952. The highest BCUT2D eigenvalue weighted by molar-refractivity contribution is 5.86. The van der Waals surface area contributed by atoms with Crippen LogP contribution in [0.3, 0.4) is 0 Å². The number of carbonyl (C=O) groups is 1. The fourth-order valence-corrected chi connectivity index (χ4v) is 11.9. The third-order valence-corrected chi connectivity index (χ3v) is 17.5. The Labute approximate surface area is 680 Å². The van der Waals surface area contributed by atoms with Gasteiger partial charge in [-0.1, -0.05) is 66.7 Å². The van der Waals surface area contributed by atoms with E-state index in [4.69, 9.17) is 123 Å². The fourth-order valence-electron chi connectivity index (χ4n) is 11.9. The van der Waals surface area contributed by atoms with Crippen LogP contribution in [-0.2, 0) is 129 Å². The summed E-state index contributed by atoms with van der Waals surface area (Å²) in [6.07, 6.45) is 6.31. The maximum Gasteiger partial charge on any atom is 0.306 e. The largest absolute Gasteiger partial charge is 0.494 e. The average Bonchev–Trinajstić information content (AvgIpc) is 1.56. The Bertz CT molecular complexity index is 2760. The normalized spacial score (nSPS) is 12.5. The zero-order chi connectivity index (χ0) is 80.7. The van der Waals surface area contributed by atoms with Gasteiger partial charge in [0.15, 0.2) is 0 Å². The molecule has 0 aromatic heterocycles. The van der Waals surface area contributed by atoms with Crippen LogP contribution in [-0.4, -0.2) is 336 Å². The maximum atomic E-state index is 12.2. The maximum absolute atomic E-state index is 12.2. The summed E-state index contributed by atoms with van der Waals surface area (Å²) in [7, 11) is 3.29. The van der Waals surface area contributed by atoms with E-state index in [1.165, 1.54) is 33.4 Å². The molecule has 4 aromatic carbocycles. The van der Waals surface area contributed by atoms with Crippen LogP contribution >= 0.6 is 0 Å². The highest BCUT2D eigenvalue weighted by atomic mass is 16.6. The number of unbranched alkanes of at least 4 members (excludes halogenated alkanes) is 2. The topological polar surface area (TPSA) is 257 Å². The van der Waals surface area contributed by atoms with E-state index in [1.807, 2.05) is 20.8 Å². The van der Waals surface area contributed by atoms with Crippen LogP contribution in [0.1, 0.15) is 83.3 Å². The number of hydrogen-bond donors (Lipinski definition) is 0. The van der Waals surface area contributed by atoms with Gasteiger partial charge in [-0.2, -0.15) is 0 Å². The van der Waals surface area contributed by atoms with Crippen molar-refractivity contribution >= 4 is 5.97 Å². The van der Waals surface area contributed by atoms with Crippen LogP contribution in [0.15, 0.2) is 91.0 Å².